The summed E-state index contributed by atoms with van der Waals surface area (Å²) in [4.78, 5) is 0. The average molecular weight is 202 g/mol. The molecule has 0 saturated heterocycles. The third-order valence-electron chi connectivity index (χ3n) is 1.96. The van der Waals surface area contributed by atoms with Crippen LogP contribution in [0.2, 0.25) is 0 Å². The summed E-state index contributed by atoms with van der Waals surface area (Å²) in [5.41, 5.74) is 0.00762. The van der Waals surface area contributed by atoms with E-state index in [-0.39, 0.29) is 12.1 Å². The van der Waals surface area contributed by atoms with Crippen LogP contribution in [0.25, 0.3) is 0 Å². The quantitative estimate of drug-likeness (QED) is 0.575. The van der Waals surface area contributed by atoms with Gasteiger partial charge in [-0.2, -0.15) is 0 Å². The lowest BCUT2D eigenvalue weighted by molar-refractivity contribution is 0.272. The van der Waals surface area contributed by atoms with Crippen LogP contribution in [0.1, 0.15) is 27.2 Å². The summed E-state index contributed by atoms with van der Waals surface area (Å²) >= 11 is 5.12. The first kappa shape index (κ1) is 10.7. The molecule has 1 rings (SSSR count). The Kier molecular flexibility index (Phi) is 3.14. The number of aliphatic hydroxyl groups excluding tert-OH is 1. The van der Waals surface area contributed by atoms with Crippen molar-refractivity contribution in [3.05, 3.63) is 0 Å². The Bertz CT molecular complexity index is 200. The second-order valence-electron chi connectivity index (χ2n) is 4.63. The van der Waals surface area contributed by atoms with Gasteiger partial charge in [0.05, 0.1) is 0 Å². The van der Waals surface area contributed by atoms with E-state index in [2.05, 4.69) is 31.4 Å². The van der Waals surface area contributed by atoms with Gasteiger partial charge in [0.15, 0.2) is 5.11 Å². The Morgan fingerprint density at radius 1 is 1.54 bits per heavy atom. The van der Waals surface area contributed by atoms with Gasteiger partial charge in [-0.25, -0.2) is 0 Å². The highest BCUT2D eigenvalue weighted by Gasteiger charge is 2.37. The van der Waals surface area contributed by atoms with Crippen LogP contribution in [0, 0.1) is 5.92 Å². The summed E-state index contributed by atoms with van der Waals surface area (Å²) in [5.74, 6) is 0.403. The molecule has 1 aliphatic carbocycles. The largest absolute Gasteiger partial charge is 0.396 e. The van der Waals surface area contributed by atoms with Crippen molar-refractivity contribution in [3.8, 4) is 0 Å². The molecule has 0 aromatic carbocycles. The summed E-state index contributed by atoms with van der Waals surface area (Å²) in [5, 5.41) is 15.9. The van der Waals surface area contributed by atoms with Crippen molar-refractivity contribution in [1.82, 2.24) is 10.6 Å². The Balaban J connectivity index is 2.20. The van der Waals surface area contributed by atoms with Crippen molar-refractivity contribution in [3.63, 3.8) is 0 Å². The molecule has 1 aliphatic rings. The maximum absolute atomic E-state index is 8.82. The van der Waals surface area contributed by atoms with Crippen molar-refractivity contribution in [2.24, 2.45) is 5.92 Å². The normalized spacial score (nSPS) is 26.8. The minimum atomic E-state index is 0.00762. The van der Waals surface area contributed by atoms with Crippen LogP contribution in [0.15, 0.2) is 0 Å². The molecule has 76 valence electrons. The monoisotopic (exact) mass is 202 g/mol. The Morgan fingerprint density at radius 2 is 2.15 bits per heavy atom. The third-order valence-corrected chi connectivity index (χ3v) is 2.18. The number of hydrogen-bond donors (Lipinski definition) is 3. The standard InChI is InChI=1S/C9H18N2OS/c1-9(2,3)11-8(13)10-7-4-6(7)5-12/h6-7,12H,4-5H2,1-3H3,(H2,10,11,13). The van der Waals surface area contributed by atoms with Crippen LogP contribution in [0.4, 0.5) is 0 Å². The highest BCUT2D eigenvalue weighted by atomic mass is 32.1. The van der Waals surface area contributed by atoms with Gasteiger partial charge < -0.3 is 15.7 Å². The molecule has 3 nitrogen and oxygen atoms in total. The molecule has 0 radical (unpaired) electrons. The first-order valence-corrected chi connectivity index (χ1v) is 5.03. The van der Waals surface area contributed by atoms with E-state index in [1.807, 2.05) is 0 Å². The summed E-state index contributed by atoms with van der Waals surface area (Å²) < 4.78 is 0. The van der Waals surface area contributed by atoms with Crippen LogP contribution < -0.4 is 10.6 Å². The van der Waals surface area contributed by atoms with E-state index >= 15 is 0 Å². The second kappa shape index (κ2) is 3.80. The van der Waals surface area contributed by atoms with E-state index in [9.17, 15) is 0 Å². The predicted molar refractivity (Wildman–Crippen MR) is 57.6 cm³/mol. The van der Waals surface area contributed by atoms with Crippen molar-refractivity contribution in [1.29, 1.82) is 0 Å². The Hall–Kier alpha value is -0.350. The zero-order valence-corrected chi connectivity index (χ0v) is 9.24. The molecule has 0 amide bonds. The highest BCUT2D eigenvalue weighted by molar-refractivity contribution is 7.80. The van der Waals surface area contributed by atoms with Gasteiger partial charge in [-0.1, -0.05) is 0 Å². The van der Waals surface area contributed by atoms with Crippen LogP contribution in [0.3, 0.4) is 0 Å². The first-order chi connectivity index (χ1) is 5.92. The molecule has 4 heteroatoms. The van der Waals surface area contributed by atoms with Gasteiger partial charge in [0.2, 0.25) is 0 Å². The third kappa shape index (κ3) is 3.91. The number of aliphatic hydroxyl groups is 1. The topological polar surface area (TPSA) is 44.3 Å². The molecule has 1 saturated carbocycles. The number of nitrogens with one attached hydrogen (secondary N) is 2. The zero-order valence-electron chi connectivity index (χ0n) is 8.42. The van der Waals surface area contributed by atoms with E-state index in [1.165, 1.54) is 0 Å². The molecule has 3 N–H and O–H groups in total. The Labute approximate surface area is 84.9 Å². The SMILES string of the molecule is CC(C)(C)NC(=S)NC1CC1CO. The minimum absolute atomic E-state index is 0.00762. The van der Waals surface area contributed by atoms with E-state index < -0.39 is 0 Å². The fourth-order valence-corrected chi connectivity index (χ4v) is 1.63. The number of rotatable bonds is 2. The van der Waals surface area contributed by atoms with E-state index in [0.717, 1.165) is 6.42 Å². The fourth-order valence-electron chi connectivity index (χ4n) is 1.17. The zero-order chi connectivity index (χ0) is 10.1. The number of hydrogen-bond acceptors (Lipinski definition) is 2. The lowest BCUT2D eigenvalue weighted by atomic mass is 10.1. The molecule has 0 aliphatic heterocycles. The van der Waals surface area contributed by atoms with Gasteiger partial charge in [-0.3, -0.25) is 0 Å². The molecule has 0 heterocycles. The lowest BCUT2D eigenvalue weighted by Gasteiger charge is -2.23. The molecular formula is C9H18N2OS. The van der Waals surface area contributed by atoms with Crippen LogP contribution in [0.5, 0.6) is 0 Å². The Morgan fingerprint density at radius 3 is 2.54 bits per heavy atom. The predicted octanol–water partition coefficient (Wildman–Crippen LogP) is 0.630. The van der Waals surface area contributed by atoms with Crippen LogP contribution >= 0.6 is 12.2 Å². The van der Waals surface area contributed by atoms with Crippen LogP contribution in [-0.2, 0) is 0 Å². The van der Waals surface area contributed by atoms with E-state index in [0.29, 0.717) is 17.1 Å². The van der Waals surface area contributed by atoms with Crippen LogP contribution in [-0.4, -0.2) is 28.4 Å². The number of thiocarbonyl (C=S) groups is 1. The molecule has 0 bridgehead atoms. The molecule has 13 heavy (non-hydrogen) atoms. The molecule has 0 aromatic rings. The van der Waals surface area contributed by atoms with Crippen molar-refractivity contribution in [2.45, 2.75) is 38.8 Å². The van der Waals surface area contributed by atoms with Gasteiger partial charge >= 0.3 is 0 Å². The second-order valence-corrected chi connectivity index (χ2v) is 5.04. The van der Waals surface area contributed by atoms with Crippen molar-refractivity contribution >= 4 is 17.3 Å². The van der Waals surface area contributed by atoms with E-state index in [1.54, 1.807) is 0 Å². The van der Waals surface area contributed by atoms with Gasteiger partial charge in [-0.05, 0) is 39.4 Å². The maximum Gasteiger partial charge on any atom is 0.166 e. The molecule has 2 atom stereocenters. The van der Waals surface area contributed by atoms with Gasteiger partial charge in [0, 0.05) is 24.1 Å². The fraction of sp³-hybridized carbons (Fsp3) is 0.889. The molecule has 1 fully saturated rings. The van der Waals surface area contributed by atoms with Crippen molar-refractivity contribution in [2.75, 3.05) is 6.61 Å². The minimum Gasteiger partial charge on any atom is -0.396 e. The summed E-state index contributed by atoms with van der Waals surface area (Å²) in [7, 11) is 0. The van der Waals surface area contributed by atoms with Gasteiger partial charge in [-0.15, -0.1) is 0 Å². The van der Waals surface area contributed by atoms with E-state index in [4.69, 9.17) is 17.3 Å². The summed E-state index contributed by atoms with van der Waals surface area (Å²) in [6.45, 7) is 6.46. The van der Waals surface area contributed by atoms with Crippen molar-refractivity contribution < 1.29 is 5.11 Å². The maximum atomic E-state index is 8.82. The summed E-state index contributed by atoms with van der Waals surface area (Å²) in [6.07, 6.45) is 1.03. The first-order valence-electron chi connectivity index (χ1n) is 4.62. The van der Waals surface area contributed by atoms with Gasteiger partial charge in [0.25, 0.3) is 0 Å². The molecular weight excluding hydrogens is 184 g/mol. The lowest BCUT2D eigenvalue weighted by Crippen LogP contribution is -2.47. The van der Waals surface area contributed by atoms with Gasteiger partial charge in [0.1, 0.15) is 0 Å². The molecule has 0 spiro atoms. The average Bonchev–Trinajstić information content (AvgIpc) is 2.62. The smallest absolute Gasteiger partial charge is 0.166 e. The summed E-state index contributed by atoms with van der Waals surface area (Å²) in [6, 6.07) is 0.382. The molecule has 2 unspecified atom stereocenters. The molecule has 0 aromatic heterocycles. The highest BCUT2D eigenvalue weighted by Crippen LogP contribution is 2.29.